The van der Waals surface area contributed by atoms with Gasteiger partial charge in [-0.15, -0.1) is 0 Å². The van der Waals surface area contributed by atoms with Crippen LogP contribution in [0.5, 0.6) is 0 Å². The molecule has 164 valence electrons. The van der Waals surface area contributed by atoms with Crippen molar-refractivity contribution in [1.29, 1.82) is 0 Å². The van der Waals surface area contributed by atoms with Crippen molar-refractivity contribution >= 4 is 17.1 Å². The Kier molecular flexibility index (Phi) is 6.30. The highest BCUT2D eigenvalue weighted by molar-refractivity contribution is 5.94. The third-order valence-corrected chi connectivity index (χ3v) is 5.97. The fourth-order valence-corrected chi connectivity index (χ4v) is 4.28. The van der Waals surface area contributed by atoms with Gasteiger partial charge in [0, 0.05) is 24.3 Å². The Morgan fingerprint density at radius 3 is 2.68 bits per heavy atom. The summed E-state index contributed by atoms with van der Waals surface area (Å²) in [6.07, 6.45) is 7.04. The van der Waals surface area contributed by atoms with Gasteiger partial charge in [0.2, 0.25) is 0 Å². The summed E-state index contributed by atoms with van der Waals surface area (Å²) in [5.74, 6) is -1.11. The highest BCUT2D eigenvalue weighted by Crippen LogP contribution is 2.33. The molecule has 0 saturated heterocycles. The normalized spacial score (nSPS) is 14.6. The van der Waals surface area contributed by atoms with Crippen LogP contribution in [0, 0.1) is 17.6 Å². The predicted octanol–water partition coefficient (Wildman–Crippen LogP) is 5.51. The summed E-state index contributed by atoms with van der Waals surface area (Å²) in [4.78, 5) is 24.3. The largest absolute Gasteiger partial charge is 0.331 e. The van der Waals surface area contributed by atoms with Crippen molar-refractivity contribution in [3.05, 3.63) is 59.6 Å². The first-order valence-corrected chi connectivity index (χ1v) is 11.0. The Morgan fingerprint density at radius 2 is 1.97 bits per heavy atom. The van der Waals surface area contributed by atoms with Crippen LogP contribution in [-0.4, -0.2) is 31.9 Å². The Balaban J connectivity index is 1.69. The summed E-state index contributed by atoms with van der Waals surface area (Å²) in [5.41, 5.74) is 1.80. The first-order chi connectivity index (χ1) is 14.9. The smallest absolute Gasteiger partial charge is 0.254 e. The summed E-state index contributed by atoms with van der Waals surface area (Å²) in [6, 6.07) is 7.43. The molecule has 0 radical (unpaired) electrons. The average molecular weight is 427 g/mol. The molecule has 2 heterocycles. The lowest BCUT2D eigenvalue weighted by molar-refractivity contribution is 0.0728. The Hall–Kier alpha value is -2.83. The molecule has 1 aliphatic rings. The second-order valence-electron chi connectivity index (χ2n) is 8.72. The minimum atomic E-state index is -1.02. The number of halogens is 2. The zero-order chi connectivity index (χ0) is 22.0. The number of nitrogens with zero attached hydrogens (tertiary/aromatic N) is 4. The van der Waals surface area contributed by atoms with E-state index in [2.05, 4.69) is 23.4 Å². The van der Waals surface area contributed by atoms with Gasteiger partial charge in [0.1, 0.15) is 11.3 Å². The van der Waals surface area contributed by atoms with E-state index < -0.39 is 11.6 Å². The molecule has 0 spiro atoms. The van der Waals surface area contributed by atoms with Gasteiger partial charge in [-0.05, 0) is 55.5 Å². The van der Waals surface area contributed by atoms with Crippen molar-refractivity contribution in [2.45, 2.75) is 58.5 Å². The van der Waals surface area contributed by atoms with E-state index in [1.54, 1.807) is 11.1 Å². The molecular formula is C24H28F2N4O. The predicted molar refractivity (Wildman–Crippen MR) is 116 cm³/mol. The molecule has 0 unspecified atom stereocenters. The van der Waals surface area contributed by atoms with Gasteiger partial charge in [-0.2, -0.15) is 0 Å². The van der Waals surface area contributed by atoms with Gasteiger partial charge < -0.3 is 9.47 Å². The van der Waals surface area contributed by atoms with Gasteiger partial charge in [-0.25, -0.2) is 18.7 Å². The monoisotopic (exact) mass is 426 g/mol. The van der Waals surface area contributed by atoms with E-state index >= 15 is 0 Å². The number of pyridine rings is 1. The maximum Gasteiger partial charge on any atom is 0.254 e. The number of aromatic nitrogens is 3. The Labute approximate surface area is 181 Å². The maximum atomic E-state index is 13.8. The summed E-state index contributed by atoms with van der Waals surface area (Å²) >= 11 is 0. The number of rotatable bonds is 7. The van der Waals surface area contributed by atoms with Crippen LogP contribution in [0.3, 0.4) is 0 Å². The van der Waals surface area contributed by atoms with Crippen LogP contribution in [-0.2, 0) is 6.54 Å². The summed E-state index contributed by atoms with van der Waals surface area (Å²) in [5, 5.41) is 0. The van der Waals surface area contributed by atoms with E-state index in [1.807, 2.05) is 12.1 Å². The molecule has 0 aliphatic heterocycles. The van der Waals surface area contributed by atoms with Gasteiger partial charge in [-0.3, -0.25) is 4.79 Å². The van der Waals surface area contributed by atoms with Crippen LogP contribution >= 0.6 is 0 Å². The molecule has 3 aromatic rings. The van der Waals surface area contributed by atoms with E-state index in [1.165, 1.54) is 18.9 Å². The van der Waals surface area contributed by atoms with Crippen molar-refractivity contribution in [2.75, 3.05) is 6.54 Å². The molecular weight excluding hydrogens is 398 g/mol. The highest BCUT2D eigenvalue weighted by atomic mass is 19.2. The second kappa shape index (κ2) is 9.12. The van der Waals surface area contributed by atoms with Crippen LogP contribution in [0.15, 0.2) is 36.5 Å². The van der Waals surface area contributed by atoms with Crippen LogP contribution in [0.25, 0.3) is 11.2 Å². The van der Waals surface area contributed by atoms with Crippen LogP contribution in [0.1, 0.15) is 68.2 Å². The molecule has 4 rings (SSSR count). The molecule has 7 heteroatoms. The zero-order valence-corrected chi connectivity index (χ0v) is 18.0. The van der Waals surface area contributed by atoms with E-state index in [9.17, 15) is 13.6 Å². The molecule has 1 saturated carbocycles. The molecule has 1 fully saturated rings. The van der Waals surface area contributed by atoms with Crippen molar-refractivity contribution in [1.82, 2.24) is 19.4 Å². The number of amides is 1. The average Bonchev–Trinajstić information content (AvgIpc) is 3.39. The van der Waals surface area contributed by atoms with Gasteiger partial charge in [0.15, 0.2) is 17.3 Å². The number of benzene rings is 1. The highest BCUT2D eigenvalue weighted by Gasteiger charge is 2.26. The molecule has 5 nitrogen and oxygen atoms in total. The lowest BCUT2D eigenvalue weighted by atomic mass is 10.1. The number of hydrogen-bond donors (Lipinski definition) is 0. The van der Waals surface area contributed by atoms with Crippen LogP contribution < -0.4 is 0 Å². The molecule has 0 N–H and O–H groups in total. The van der Waals surface area contributed by atoms with Crippen LogP contribution in [0.4, 0.5) is 8.78 Å². The molecule has 0 bridgehead atoms. The fourth-order valence-electron chi connectivity index (χ4n) is 4.28. The van der Waals surface area contributed by atoms with Crippen molar-refractivity contribution in [2.24, 2.45) is 5.92 Å². The SMILES string of the molecule is CC(C)CCN(Cc1nc2cccnc2n1C1CCCC1)C(=O)c1ccc(F)c(F)c1. The van der Waals surface area contributed by atoms with Gasteiger partial charge in [-0.1, -0.05) is 26.7 Å². The number of imidazole rings is 1. The van der Waals surface area contributed by atoms with Crippen LogP contribution in [0.2, 0.25) is 0 Å². The Bertz CT molecular complexity index is 1070. The standard InChI is InChI=1S/C24H28F2N4O/c1-16(2)11-13-29(24(31)17-9-10-19(25)20(26)14-17)15-22-28-21-8-5-12-27-23(21)30(22)18-6-3-4-7-18/h5,8-10,12,14,16,18H,3-4,6-7,11,13,15H2,1-2H3. The van der Waals surface area contributed by atoms with Gasteiger partial charge >= 0.3 is 0 Å². The van der Waals surface area contributed by atoms with E-state index in [-0.39, 0.29) is 11.5 Å². The number of carbonyl (C=O) groups excluding carboxylic acids is 1. The van der Waals surface area contributed by atoms with Crippen molar-refractivity contribution in [3.63, 3.8) is 0 Å². The lowest BCUT2D eigenvalue weighted by Gasteiger charge is -2.25. The minimum absolute atomic E-state index is 0.143. The van der Waals surface area contributed by atoms with Crippen molar-refractivity contribution in [3.8, 4) is 0 Å². The molecule has 1 aromatic carbocycles. The first-order valence-electron chi connectivity index (χ1n) is 11.0. The van der Waals surface area contributed by atoms with Gasteiger partial charge in [0.05, 0.1) is 6.54 Å². The zero-order valence-electron chi connectivity index (χ0n) is 18.0. The summed E-state index contributed by atoms with van der Waals surface area (Å²) < 4.78 is 29.4. The summed E-state index contributed by atoms with van der Waals surface area (Å²) in [6.45, 7) is 5.00. The van der Waals surface area contributed by atoms with Crippen molar-refractivity contribution < 1.29 is 13.6 Å². The molecule has 31 heavy (non-hydrogen) atoms. The second-order valence-corrected chi connectivity index (χ2v) is 8.72. The fraction of sp³-hybridized carbons (Fsp3) is 0.458. The third-order valence-electron chi connectivity index (χ3n) is 5.97. The summed E-state index contributed by atoms with van der Waals surface area (Å²) in [7, 11) is 0. The molecule has 0 atom stereocenters. The number of fused-ring (bicyclic) bond motifs is 1. The maximum absolute atomic E-state index is 13.8. The number of hydrogen-bond acceptors (Lipinski definition) is 3. The molecule has 2 aromatic heterocycles. The first kappa shape index (κ1) is 21.4. The van der Waals surface area contributed by atoms with E-state index in [0.29, 0.717) is 25.0 Å². The molecule has 1 amide bonds. The number of carbonyl (C=O) groups is 1. The lowest BCUT2D eigenvalue weighted by Crippen LogP contribution is -2.33. The Morgan fingerprint density at radius 1 is 1.19 bits per heavy atom. The topological polar surface area (TPSA) is 51.0 Å². The third kappa shape index (κ3) is 4.60. The van der Waals surface area contributed by atoms with E-state index in [0.717, 1.165) is 48.4 Å². The minimum Gasteiger partial charge on any atom is -0.331 e. The quantitative estimate of drug-likeness (QED) is 0.500. The molecule has 1 aliphatic carbocycles. The van der Waals surface area contributed by atoms with E-state index in [4.69, 9.17) is 4.98 Å². The van der Waals surface area contributed by atoms with Gasteiger partial charge in [0.25, 0.3) is 5.91 Å².